The normalized spacial score (nSPS) is 17.7. The summed E-state index contributed by atoms with van der Waals surface area (Å²) in [4.78, 5) is 23.6. The van der Waals surface area contributed by atoms with E-state index in [1.807, 2.05) is 6.07 Å². The second kappa shape index (κ2) is 6.61. The Morgan fingerprint density at radius 3 is 2.32 bits per heavy atom. The van der Waals surface area contributed by atoms with Crippen LogP contribution in [0.15, 0.2) is 59.5 Å². The van der Waals surface area contributed by atoms with E-state index in [0.29, 0.717) is 5.69 Å². The van der Waals surface area contributed by atoms with Crippen molar-refractivity contribution in [2.45, 2.75) is 17.4 Å². The van der Waals surface area contributed by atoms with E-state index in [1.165, 1.54) is 17.0 Å². The number of benzene rings is 2. The number of nitrogens with zero attached hydrogens (tertiary/aromatic N) is 2. The third-order valence-corrected chi connectivity index (χ3v) is 5.41. The van der Waals surface area contributed by atoms with Gasteiger partial charge in [0.15, 0.2) is 0 Å². The smallest absolute Gasteiger partial charge is 0.269 e. The van der Waals surface area contributed by atoms with Gasteiger partial charge in [-0.15, -0.1) is 0 Å². The SMILES string of the molecule is O=C1C[C@@H](NS(=O)(=O)c2ccc([N+](=O)[O-])cc2)CN1c1ccccc1. The van der Waals surface area contributed by atoms with Crippen molar-refractivity contribution in [2.75, 3.05) is 11.4 Å². The number of carbonyl (C=O) groups is 1. The quantitative estimate of drug-likeness (QED) is 0.643. The topological polar surface area (TPSA) is 110 Å². The molecule has 0 aromatic heterocycles. The number of nitrogens with one attached hydrogen (secondary N) is 1. The van der Waals surface area contributed by atoms with E-state index in [4.69, 9.17) is 0 Å². The molecule has 0 spiro atoms. The average molecular weight is 361 g/mol. The van der Waals surface area contributed by atoms with Crippen LogP contribution in [-0.4, -0.2) is 31.8 Å². The largest absolute Gasteiger partial charge is 0.311 e. The summed E-state index contributed by atoms with van der Waals surface area (Å²) in [6.07, 6.45) is 0.0567. The molecule has 1 saturated heterocycles. The van der Waals surface area contributed by atoms with Gasteiger partial charge in [-0.25, -0.2) is 13.1 Å². The number of nitro groups is 1. The maximum atomic E-state index is 12.4. The minimum Gasteiger partial charge on any atom is -0.311 e. The lowest BCUT2D eigenvalue weighted by Crippen LogP contribution is -2.37. The fourth-order valence-electron chi connectivity index (χ4n) is 2.68. The van der Waals surface area contributed by atoms with Crippen LogP contribution in [0.25, 0.3) is 0 Å². The van der Waals surface area contributed by atoms with Crippen molar-refractivity contribution in [1.29, 1.82) is 0 Å². The van der Waals surface area contributed by atoms with Crippen LogP contribution in [0.4, 0.5) is 11.4 Å². The minimum absolute atomic E-state index is 0.0567. The Bertz CT molecular complexity index is 897. The van der Waals surface area contributed by atoms with E-state index < -0.39 is 21.0 Å². The molecular formula is C16H15N3O5S. The predicted octanol–water partition coefficient (Wildman–Crippen LogP) is 1.68. The second-order valence-corrected chi connectivity index (χ2v) is 7.33. The van der Waals surface area contributed by atoms with Crippen LogP contribution >= 0.6 is 0 Å². The summed E-state index contributed by atoms with van der Waals surface area (Å²) in [5, 5.41) is 10.6. The van der Waals surface area contributed by atoms with Gasteiger partial charge in [0, 0.05) is 36.8 Å². The number of hydrogen-bond acceptors (Lipinski definition) is 5. The van der Waals surface area contributed by atoms with E-state index in [1.54, 1.807) is 24.3 Å². The highest BCUT2D eigenvalue weighted by Crippen LogP contribution is 2.23. The molecule has 0 unspecified atom stereocenters. The Kier molecular flexibility index (Phi) is 4.51. The van der Waals surface area contributed by atoms with Crippen LogP contribution in [0.3, 0.4) is 0 Å². The molecule has 1 atom stereocenters. The second-order valence-electron chi connectivity index (χ2n) is 5.61. The van der Waals surface area contributed by atoms with Crippen molar-refractivity contribution < 1.29 is 18.1 Å². The molecule has 0 bridgehead atoms. The Labute approximate surface area is 144 Å². The lowest BCUT2D eigenvalue weighted by atomic mass is 10.3. The van der Waals surface area contributed by atoms with Crippen molar-refractivity contribution >= 4 is 27.3 Å². The standard InChI is InChI=1S/C16H15N3O5S/c20-16-10-12(11-18(16)13-4-2-1-3-5-13)17-25(23,24)15-8-6-14(7-9-15)19(21)22/h1-9,12,17H,10-11H2/t12-/m1/s1. The summed E-state index contributed by atoms with van der Waals surface area (Å²) in [5.74, 6) is -0.164. The van der Waals surface area contributed by atoms with Crippen LogP contribution < -0.4 is 9.62 Å². The molecule has 0 saturated carbocycles. The van der Waals surface area contributed by atoms with Gasteiger partial charge in [0.05, 0.1) is 9.82 Å². The predicted molar refractivity (Wildman–Crippen MR) is 90.6 cm³/mol. The first kappa shape index (κ1) is 17.1. The number of sulfonamides is 1. The van der Waals surface area contributed by atoms with Crippen molar-refractivity contribution in [3.05, 3.63) is 64.7 Å². The van der Waals surface area contributed by atoms with Gasteiger partial charge in [-0.1, -0.05) is 18.2 Å². The Morgan fingerprint density at radius 2 is 1.72 bits per heavy atom. The maximum absolute atomic E-state index is 12.4. The lowest BCUT2D eigenvalue weighted by Gasteiger charge is -2.17. The van der Waals surface area contributed by atoms with Gasteiger partial charge in [-0.3, -0.25) is 14.9 Å². The summed E-state index contributed by atoms with van der Waals surface area (Å²) in [7, 11) is -3.87. The number of hydrogen-bond donors (Lipinski definition) is 1. The van der Waals surface area contributed by atoms with Gasteiger partial charge in [-0.05, 0) is 24.3 Å². The van der Waals surface area contributed by atoms with Gasteiger partial charge in [0.1, 0.15) is 0 Å². The third-order valence-electron chi connectivity index (χ3n) is 3.87. The number of non-ortho nitro benzene ring substituents is 1. The zero-order chi connectivity index (χ0) is 18.0. The number of amides is 1. The van der Waals surface area contributed by atoms with E-state index in [9.17, 15) is 23.3 Å². The first-order chi connectivity index (χ1) is 11.9. The molecule has 0 aliphatic carbocycles. The number of carbonyl (C=O) groups excluding carboxylic acids is 1. The molecule has 1 heterocycles. The van der Waals surface area contributed by atoms with Gasteiger partial charge < -0.3 is 4.90 Å². The van der Waals surface area contributed by atoms with Gasteiger partial charge >= 0.3 is 0 Å². The average Bonchev–Trinajstić information content (AvgIpc) is 2.95. The fraction of sp³-hybridized carbons (Fsp3) is 0.188. The van der Waals surface area contributed by atoms with Crippen LogP contribution in [0.5, 0.6) is 0 Å². The Hall–Kier alpha value is -2.78. The molecule has 1 N–H and O–H groups in total. The van der Waals surface area contributed by atoms with Crippen LogP contribution in [0.1, 0.15) is 6.42 Å². The third kappa shape index (κ3) is 3.67. The van der Waals surface area contributed by atoms with Gasteiger partial charge in [0.2, 0.25) is 15.9 Å². The molecule has 130 valence electrons. The molecular weight excluding hydrogens is 346 g/mol. The van der Waals surface area contributed by atoms with Crippen molar-refractivity contribution in [3.8, 4) is 0 Å². The van der Waals surface area contributed by atoms with E-state index in [-0.39, 0.29) is 29.5 Å². The van der Waals surface area contributed by atoms with Gasteiger partial charge in [0.25, 0.3) is 5.69 Å². The Morgan fingerprint density at radius 1 is 1.08 bits per heavy atom. The summed E-state index contributed by atoms with van der Waals surface area (Å²) in [6.45, 7) is 0.231. The van der Waals surface area contributed by atoms with Crippen molar-refractivity contribution in [3.63, 3.8) is 0 Å². The van der Waals surface area contributed by atoms with E-state index in [0.717, 1.165) is 12.1 Å². The zero-order valence-corrected chi connectivity index (χ0v) is 13.8. The number of rotatable bonds is 5. The highest BCUT2D eigenvalue weighted by molar-refractivity contribution is 7.89. The first-order valence-corrected chi connectivity index (χ1v) is 8.97. The minimum atomic E-state index is -3.87. The molecule has 2 aromatic rings. The summed E-state index contributed by atoms with van der Waals surface area (Å²) in [6, 6.07) is 13.0. The molecule has 1 aliphatic heterocycles. The molecule has 1 aliphatic rings. The number of anilines is 1. The monoisotopic (exact) mass is 361 g/mol. The highest BCUT2D eigenvalue weighted by Gasteiger charge is 2.33. The molecule has 25 heavy (non-hydrogen) atoms. The molecule has 9 heteroatoms. The highest BCUT2D eigenvalue weighted by atomic mass is 32.2. The van der Waals surface area contributed by atoms with E-state index in [2.05, 4.69) is 4.72 Å². The van der Waals surface area contributed by atoms with Crippen LogP contribution in [0, 0.1) is 10.1 Å². The van der Waals surface area contributed by atoms with Crippen LogP contribution in [0.2, 0.25) is 0 Å². The van der Waals surface area contributed by atoms with Crippen molar-refractivity contribution in [2.24, 2.45) is 0 Å². The van der Waals surface area contributed by atoms with Crippen LogP contribution in [-0.2, 0) is 14.8 Å². The molecule has 8 nitrogen and oxygen atoms in total. The molecule has 0 radical (unpaired) electrons. The number of nitro benzene ring substituents is 1. The van der Waals surface area contributed by atoms with Crippen molar-refractivity contribution in [1.82, 2.24) is 4.72 Å². The number of para-hydroxylation sites is 1. The molecule has 1 fully saturated rings. The molecule has 2 aromatic carbocycles. The summed E-state index contributed by atoms with van der Waals surface area (Å²) >= 11 is 0. The molecule has 1 amide bonds. The lowest BCUT2D eigenvalue weighted by molar-refractivity contribution is -0.384. The molecule has 3 rings (SSSR count). The van der Waals surface area contributed by atoms with E-state index >= 15 is 0 Å². The fourth-order valence-corrected chi connectivity index (χ4v) is 3.91. The summed E-state index contributed by atoms with van der Waals surface area (Å²) in [5.41, 5.74) is 0.523. The Balaban J connectivity index is 1.73. The zero-order valence-electron chi connectivity index (χ0n) is 13.0. The first-order valence-electron chi connectivity index (χ1n) is 7.49. The van der Waals surface area contributed by atoms with Gasteiger partial charge in [-0.2, -0.15) is 0 Å². The summed E-state index contributed by atoms with van der Waals surface area (Å²) < 4.78 is 27.3. The maximum Gasteiger partial charge on any atom is 0.269 e.